The quantitative estimate of drug-likeness (QED) is 0.554. The van der Waals surface area contributed by atoms with E-state index < -0.39 is 23.3 Å². The molecule has 17 heavy (non-hydrogen) atoms. The lowest BCUT2D eigenvalue weighted by Crippen LogP contribution is -2.37. The van der Waals surface area contributed by atoms with Crippen LogP contribution in [0.15, 0.2) is 18.2 Å². The maximum atomic E-state index is 11.4. The van der Waals surface area contributed by atoms with Crippen LogP contribution in [0.5, 0.6) is 0 Å². The second-order valence-electron chi connectivity index (χ2n) is 3.31. The molecule has 90 valence electrons. The van der Waals surface area contributed by atoms with Gasteiger partial charge in [0.15, 0.2) is 0 Å². The first-order valence-corrected chi connectivity index (χ1v) is 4.65. The Bertz CT molecular complexity index is 484. The second-order valence-corrected chi connectivity index (χ2v) is 3.31. The van der Waals surface area contributed by atoms with Crippen LogP contribution in [-0.2, 0) is 4.79 Å². The van der Waals surface area contributed by atoms with Gasteiger partial charge in [0.1, 0.15) is 0 Å². The van der Waals surface area contributed by atoms with Gasteiger partial charge < -0.3 is 15.2 Å². The van der Waals surface area contributed by atoms with E-state index in [0.717, 1.165) is 6.07 Å². The van der Waals surface area contributed by atoms with E-state index >= 15 is 0 Å². The number of nitro benzene ring substituents is 1. The molecule has 0 saturated heterocycles. The van der Waals surface area contributed by atoms with Crippen LogP contribution in [0.1, 0.15) is 15.9 Å². The first-order chi connectivity index (χ1) is 7.91. The van der Waals surface area contributed by atoms with Crippen LogP contribution in [0.2, 0.25) is 0 Å². The highest BCUT2D eigenvalue weighted by Gasteiger charge is 2.14. The largest absolute Gasteiger partial charge is 0.548 e. The minimum absolute atomic E-state index is 0.0311. The minimum Gasteiger partial charge on any atom is -0.548 e. The fraction of sp³-hybridized carbons (Fsp3) is 0.200. The summed E-state index contributed by atoms with van der Waals surface area (Å²) in [6.45, 7) is 0.904. The van der Waals surface area contributed by atoms with Crippen molar-refractivity contribution in [2.45, 2.75) is 6.92 Å². The van der Waals surface area contributed by atoms with Crippen LogP contribution in [0.25, 0.3) is 0 Å². The zero-order valence-electron chi connectivity index (χ0n) is 8.93. The van der Waals surface area contributed by atoms with Crippen molar-refractivity contribution in [1.82, 2.24) is 5.32 Å². The molecule has 0 unspecified atom stereocenters. The third-order valence-electron chi connectivity index (χ3n) is 2.06. The van der Waals surface area contributed by atoms with E-state index in [1.165, 1.54) is 12.1 Å². The number of rotatable bonds is 4. The van der Waals surface area contributed by atoms with Gasteiger partial charge in [-0.2, -0.15) is 0 Å². The van der Waals surface area contributed by atoms with Crippen molar-refractivity contribution in [2.24, 2.45) is 0 Å². The molecule has 0 radical (unpaired) electrons. The number of nitrogens with zero attached hydrogens (tertiary/aromatic N) is 1. The van der Waals surface area contributed by atoms with E-state index in [9.17, 15) is 24.8 Å². The Balaban J connectivity index is 2.92. The fourth-order valence-corrected chi connectivity index (χ4v) is 1.20. The SMILES string of the molecule is Cc1ccc(C(=O)NCC(=O)[O-])cc1[N+](=O)[O-]. The van der Waals surface area contributed by atoms with Crippen molar-refractivity contribution < 1.29 is 19.6 Å². The molecule has 0 spiro atoms. The smallest absolute Gasteiger partial charge is 0.273 e. The molecule has 1 aromatic carbocycles. The van der Waals surface area contributed by atoms with Crippen molar-refractivity contribution >= 4 is 17.6 Å². The van der Waals surface area contributed by atoms with Gasteiger partial charge in [-0.1, -0.05) is 6.07 Å². The molecule has 1 N–H and O–H groups in total. The van der Waals surface area contributed by atoms with Crippen LogP contribution >= 0.6 is 0 Å². The number of carbonyl (C=O) groups excluding carboxylic acids is 2. The topological polar surface area (TPSA) is 112 Å². The van der Waals surface area contributed by atoms with Crippen LogP contribution in [-0.4, -0.2) is 23.3 Å². The fourth-order valence-electron chi connectivity index (χ4n) is 1.20. The molecule has 7 nitrogen and oxygen atoms in total. The molecule has 0 aromatic heterocycles. The maximum absolute atomic E-state index is 11.4. The van der Waals surface area contributed by atoms with Gasteiger partial charge in [-0.3, -0.25) is 14.9 Å². The van der Waals surface area contributed by atoms with Gasteiger partial charge in [0.25, 0.3) is 11.6 Å². The molecule has 0 fully saturated rings. The van der Waals surface area contributed by atoms with Gasteiger partial charge in [0, 0.05) is 17.2 Å². The van der Waals surface area contributed by atoms with E-state index in [-0.39, 0.29) is 11.3 Å². The molecule has 1 aromatic rings. The Morgan fingerprint density at radius 3 is 2.59 bits per heavy atom. The summed E-state index contributed by atoms with van der Waals surface area (Å²) in [7, 11) is 0. The number of hydrogen-bond donors (Lipinski definition) is 1. The second kappa shape index (κ2) is 5.06. The summed E-state index contributed by atoms with van der Waals surface area (Å²) >= 11 is 0. The number of nitro groups is 1. The predicted molar refractivity (Wildman–Crippen MR) is 55.2 cm³/mol. The summed E-state index contributed by atoms with van der Waals surface area (Å²) in [5.74, 6) is -2.13. The molecule has 7 heteroatoms. The summed E-state index contributed by atoms with van der Waals surface area (Å²) in [6, 6.07) is 3.90. The molecule has 1 rings (SSSR count). The Morgan fingerprint density at radius 1 is 1.41 bits per heavy atom. The highest BCUT2D eigenvalue weighted by molar-refractivity contribution is 5.96. The molecule has 0 atom stereocenters. The zero-order valence-corrected chi connectivity index (χ0v) is 8.93. The van der Waals surface area contributed by atoms with Gasteiger partial charge in [-0.05, 0) is 13.0 Å². The molecule has 0 saturated carbocycles. The van der Waals surface area contributed by atoms with Crippen molar-refractivity contribution in [3.05, 3.63) is 39.4 Å². The highest BCUT2D eigenvalue weighted by atomic mass is 16.6. The maximum Gasteiger partial charge on any atom is 0.273 e. The number of hydrogen-bond acceptors (Lipinski definition) is 5. The molecular formula is C10H9N2O5-. The lowest BCUT2D eigenvalue weighted by molar-refractivity contribution is -0.385. The number of nitrogens with one attached hydrogen (secondary N) is 1. The monoisotopic (exact) mass is 237 g/mol. The molecule has 0 aliphatic heterocycles. The molecule has 1 amide bonds. The van der Waals surface area contributed by atoms with Crippen LogP contribution < -0.4 is 10.4 Å². The summed E-state index contributed by atoms with van der Waals surface area (Å²) in [5.41, 5.74) is 0.265. The van der Waals surface area contributed by atoms with Gasteiger partial charge in [-0.25, -0.2) is 0 Å². The minimum atomic E-state index is -1.43. The number of amides is 1. The highest BCUT2D eigenvalue weighted by Crippen LogP contribution is 2.18. The van der Waals surface area contributed by atoms with Crippen molar-refractivity contribution in [1.29, 1.82) is 0 Å². The Morgan fingerprint density at radius 2 is 2.06 bits per heavy atom. The van der Waals surface area contributed by atoms with E-state index in [2.05, 4.69) is 5.32 Å². The number of aliphatic carboxylic acids is 1. The third-order valence-corrected chi connectivity index (χ3v) is 2.06. The molecule has 0 aliphatic rings. The summed E-state index contributed by atoms with van der Waals surface area (Å²) < 4.78 is 0. The van der Waals surface area contributed by atoms with Crippen LogP contribution in [0.4, 0.5) is 5.69 Å². The molecular weight excluding hydrogens is 228 g/mol. The predicted octanol–water partition coefficient (Wildman–Crippen LogP) is -0.617. The number of aryl methyl sites for hydroxylation is 1. The third kappa shape index (κ3) is 3.26. The lowest BCUT2D eigenvalue weighted by Gasteiger charge is -2.06. The van der Waals surface area contributed by atoms with E-state index in [1.54, 1.807) is 6.92 Å². The van der Waals surface area contributed by atoms with Crippen LogP contribution in [0, 0.1) is 17.0 Å². The zero-order chi connectivity index (χ0) is 13.0. The summed E-state index contributed by atoms with van der Waals surface area (Å²) in [5, 5.41) is 22.8. The number of carboxylic acid groups (broad SMARTS) is 1. The number of benzene rings is 1. The average Bonchev–Trinajstić information content (AvgIpc) is 2.26. The summed E-state index contributed by atoms with van der Waals surface area (Å²) in [4.78, 5) is 31.6. The standard InChI is InChI=1S/C10H10N2O5/c1-6-2-3-7(4-8(6)12(16)17)10(15)11-5-9(13)14/h2-4H,5H2,1H3,(H,11,15)(H,13,14)/p-1. The first kappa shape index (κ1) is 12.6. The Hall–Kier alpha value is -2.44. The van der Waals surface area contributed by atoms with Gasteiger partial charge >= 0.3 is 0 Å². The first-order valence-electron chi connectivity index (χ1n) is 4.65. The molecule has 0 bridgehead atoms. The average molecular weight is 237 g/mol. The van der Waals surface area contributed by atoms with E-state index in [0.29, 0.717) is 5.56 Å². The summed E-state index contributed by atoms with van der Waals surface area (Å²) in [6.07, 6.45) is 0. The van der Waals surface area contributed by atoms with E-state index in [1.807, 2.05) is 0 Å². The van der Waals surface area contributed by atoms with Crippen molar-refractivity contribution in [3.63, 3.8) is 0 Å². The van der Waals surface area contributed by atoms with Crippen LogP contribution in [0.3, 0.4) is 0 Å². The van der Waals surface area contributed by atoms with Crippen molar-refractivity contribution in [2.75, 3.05) is 6.54 Å². The van der Waals surface area contributed by atoms with Gasteiger partial charge in [-0.15, -0.1) is 0 Å². The number of carbonyl (C=O) groups is 2. The Kier molecular flexibility index (Phi) is 3.76. The van der Waals surface area contributed by atoms with Gasteiger partial charge in [0.2, 0.25) is 0 Å². The van der Waals surface area contributed by atoms with Gasteiger partial charge in [0.05, 0.1) is 17.4 Å². The number of carboxylic acids is 1. The molecule has 0 heterocycles. The lowest BCUT2D eigenvalue weighted by atomic mass is 10.1. The Labute approximate surface area is 96.2 Å². The normalized spacial score (nSPS) is 9.71. The molecule has 0 aliphatic carbocycles. The van der Waals surface area contributed by atoms with E-state index in [4.69, 9.17) is 0 Å². The van der Waals surface area contributed by atoms with Crippen molar-refractivity contribution in [3.8, 4) is 0 Å².